The van der Waals surface area contributed by atoms with Crippen LogP contribution in [0.2, 0.25) is 0 Å². The maximum atomic E-state index is 12.8. The van der Waals surface area contributed by atoms with Gasteiger partial charge in [0, 0.05) is 17.6 Å². The van der Waals surface area contributed by atoms with Gasteiger partial charge in [-0.05, 0) is 13.8 Å². The summed E-state index contributed by atoms with van der Waals surface area (Å²) in [5, 5.41) is 5.41. The van der Waals surface area contributed by atoms with Crippen molar-refractivity contribution in [3.63, 3.8) is 0 Å². The lowest BCUT2D eigenvalue weighted by Gasteiger charge is -2.25. The van der Waals surface area contributed by atoms with Crippen LogP contribution in [0.1, 0.15) is 24.7 Å². The topological polar surface area (TPSA) is 88.8 Å². The van der Waals surface area contributed by atoms with Crippen LogP contribution < -0.4 is 16.6 Å². The van der Waals surface area contributed by atoms with Gasteiger partial charge in [0.25, 0.3) is 0 Å². The number of nitrogens with one attached hydrogen (secondary N) is 2. The number of nitrogens with two attached hydrogens (primary N) is 1. The molecule has 0 amide bonds. The van der Waals surface area contributed by atoms with Crippen molar-refractivity contribution in [3.05, 3.63) is 28.5 Å². The van der Waals surface area contributed by atoms with E-state index in [4.69, 9.17) is 5.84 Å². The zero-order chi connectivity index (χ0) is 15.7. The Bertz CT molecular complexity index is 611. The first kappa shape index (κ1) is 15.4. The predicted octanol–water partition coefficient (Wildman–Crippen LogP) is 2.58. The minimum absolute atomic E-state index is 0.00507. The molecule has 0 unspecified atom stereocenters. The molecule has 0 bridgehead atoms. The van der Waals surface area contributed by atoms with Gasteiger partial charge in [0.05, 0.1) is 5.54 Å². The summed E-state index contributed by atoms with van der Waals surface area (Å²) in [6.07, 6.45) is -3.04. The number of anilines is 2. The third-order valence-corrected chi connectivity index (χ3v) is 3.63. The Morgan fingerprint density at radius 3 is 2.38 bits per heavy atom. The molecular weight excluding hydrogens is 305 g/mol. The van der Waals surface area contributed by atoms with Crippen molar-refractivity contribution < 1.29 is 13.2 Å². The van der Waals surface area contributed by atoms with Crippen LogP contribution in [0.3, 0.4) is 0 Å². The number of halogens is 3. The molecule has 0 fully saturated rings. The fraction of sp³-hybridized carbons (Fsp3) is 0.364. The summed E-state index contributed by atoms with van der Waals surface area (Å²) in [6, 6.07) is 1.30. The van der Waals surface area contributed by atoms with Crippen molar-refractivity contribution >= 4 is 23.0 Å². The monoisotopic (exact) mass is 318 g/mol. The molecule has 21 heavy (non-hydrogen) atoms. The fourth-order valence-corrected chi connectivity index (χ4v) is 2.34. The zero-order valence-electron chi connectivity index (χ0n) is 11.2. The number of hydrogen-bond donors (Lipinski definition) is 3. The number of aromatic nitrogens is 3. The van der Waals surface area contributed by atoms with E-state index < -0.39 is 17.5 Å². The lowest BCUT2D eigenvalue weighted by molar-refractivity contribution is -0.144. The lowest BCUT2D eigenvalue weighted by Crippen LogP contribution is -2.29. The minimum Gasteiger partial charge on any atom is -0.359 e. The normalized spacial score (nSPS) is 12.3. The highest BCUT2D eigenvalue weighted by molar-refractivity contribution is 7.09. The van der Waals surface area contributed by atoms with Gasteiger partial charge in [-0.3, -0.25) is 0 Å². The second-order valence-electron chi connectivity index (χ2n) is 4.69. The molecule has 114 valence electrons. The maximum Gasteiger partial charge on any atom is 0.451 e. The maximum absolute atomic E-state index is 12.8. The summed E-state index contributed by atoms with van der Waals surface area (Å²) in [7, 11) is 0. The van der Waals surface area contributed by atoms with E-state index in [0.29, 0.717) is 0 Å². The van der Waals surface area contributed by atoms with Gasteiger partial charge in [-0.2, -0.15) is 13.2 Å². The molecule has 0 spiro atoms. The summed E-state index contributed by atoms with van der Waals surface area (Å²) >= 11 is 1.39. The third kappa shape index (κ3) is 3.58. The molecule has 0 aromatic carbocycles. The van der Waals surface area contributed by atoms with Gasteiger partial charge in [0.2, 0.25) is 5.82 Å². The Morgan fingerprint density at radius 2 is 1.86 bits per heavy atom. The Hall–Kier alpha value is -1.94. The average Bonchev–Trinajstić information content (AvgIpc) is 2.91. The van der Waals surface area contributed by atoms with E-state index in [1.165, 1.54) is 17.4 Å². The van der Waals surface area contributed by atoms with Gasteiger partial charge in [0.1, 0.15) is 16.6 Å². The second-order valence-corrected chi connectivity index (χ2v) is 5.59. The van der Waals surface area contributed by atoms with E-state index >= 15 is 0 Å². The standard InChI is InChI=1S/C11H13F3N6S/c1-10(2,9-16-3-4-21-9)19-6-5-7(20-15)18-8(17-6)11(12,13)14/h3-5H,15H2,1-2H3,(H2,17,18,19,20). The quantitative estimate of drug-likeness (QED) is 0.593. The summed E-state index contributed by atoms with van der Waals surface area (Å²) in [6.45, 7) is 3.58. The van der Waals surface area contributed by atoms with Gasteiger partial charge in [0.15, 0.2) is 0 Å². The van der Waals surface area contributed by atoms with E-state index in [0.717, 1.165) is 5.01 Å². The van der Waals surface area contributed by atoms with E-state index in [9.17, 15) is 13.2 Å². The molecule has 2 heterocycles. The first-order valence-corrected chi connectivity index (χ1v) is 6.71. The largest absolute Gasteiger partial charge is 0.451 e. The van der Waals surface area contributed by atoms with Crippen LogP contribution in [0.15, 0.2) is 17.6 Å². The third-order valence-electron chi connectivity index (χ3n) is 2.54. The van der Waals surface area contributed by atoms with E-state index in [1.807, 2.05) is 0 Å². The van der Waals surface area contributed by atoms with Crippen LogP contribution in [0.4, 0.5) is 24.8 Å². The summed E-state index contributed by atoms with van der Waals surface area (Å²) < 4.78 is 38.3. The fourth-order valence-electron chi connectivity index (χ4n) is 1.62. The SMILES string of the molecule is CC(C)(Nc1cc(NN)nc(C(F)(F)F)n1)c1nccs1. The predicted molar refractivity (Wildman–Crippen MR) is 73.6 cm³/mol. The zero-order valence-corrected chi connectivity index (χ0v) is 12.0. The molecule has 2 rings (SSSR count). The van der Waals surface area contributed by atoms with Crippen molar-refractivity contribution in [1.82, 2.24) is 15.0 Å². The first-order chi connectivity index (χ1) is 9.72. The summed E-state index contributed by atoms with van der Waals surface area (Å²) in [5.41, 5.74) is 1.41. The Labute approximate surface area is 122 Å². The van der Waals surface area contributed by atoms with Crippen LogP contribution in [0.25, 0.3) is 0 Å². The number of hydrazine groups is 1. The Morgan fingerprint density at radius 1 is 1.19 bits per heavy atom. The van der Waals surface area contributed by atoms with Crippen molar-refractivity contribution in [2.75, 3.05) is 10.7 Å². The molecular formula is C11H13F3N6S. The molecule has 0 aliphatic rings. The Balaban J connectivity index is 2.36. The molecule has 2 aromatic heterocycles. The lowest BCUT2D eigenvalue weighted by atomic mass is 10.1. The molecule has 0 radical (unpaired) electrons. The number of nitrogens with zero attached hydrogens (tertiary/aromatic N) is 3. The highest BCUT2D eigenvalue weighted by Gasteiger charge is 2.36. The van der Waals surface area contributed by atoms with E-state index in [1.54, 1.807) is 25.4 Å². The van der Waals surface area contributed by atoms with Gasteiger partial charge in [-0.15, -0.1) is 11.3 Å². The van der Waals surface area contributed by atoms with Crippen LogP contribution in [0.5, 0.6) is 0 Å². The number of thiazole rings is 1. The van der Waals surface area contributed by atoms with Crippen LogP contribution >= 0.6 is 11.3 Å². The number of nitrogen functional groups attached to an aromatic ring is 1. The van der Waals surface area contributed by atoms with Crippen LogP contribution in [-0.4, -0.2) is 15.0 Å². The van der Waals surface area contributed by atoms with Crippen molar-refractivity contribution in [3.8, 4) is 0 Å². The molecule has 6 nitrogen and oxygen atoms in total. The summed E-state index contributed by atoms with van der Waals surface area (Å²) in [4.78, 5) is 10.9. The molecule has 0 saturated heterocycles. The highest BCUT2D eigenvalue weighted by atomic mass is 32.1. The van der Waals surface area contributed by atoms with Crippen LogP contribution in [-0.2, 0) is 11.7 Å². The average molecular weight is 318 g/mol. The van der Waals surface area contributed by atoms with Crippen LogP contribution in [0, 0.1) is 0 Å². The summed E-state index contributed by atoms with van der Waals surface area (Å²) in [5.74, 6) is 3.75. The molecule has 0 atom stereocenters. The molecule has 0 saturated carbocycles. The van der Waals surface area contributed by atoms with Gasteiger partial charge in [-0.1, -0.05) is 0 Å². The smallest absolute Gasteiger partial charge is 0.359 e. The molecule has 0 aliphatic heterocycles. The molecule has 4 N–H and O–H groups in total. The van der Waals surface area contributed by atoms with Gasteiger partial charge >= 0.3 is 6.18 Å². The minimum atomic E-state index is -4.66. The van der Waals surface area contributed by atoms with Gasteiger partial charge in [-0.25, -0.2) is 20.8 Å². The van der Waals surface area contributed by atoms with Crippen molar-refractivity contribution in [1.29, 1.82) is 0 Å². The first-order valence-electron chi connectivity index (χ1n) is 5.83. The number of hydrogen-bond acceptors (Lipinski definition) is 7. The molecule has 2 aromatic rings. The number of rotatable bonds is 4. The molecule has 10 heteroatoms. The van der Waals surface area contributed by atoms with Crippen molar-refractivity contribution in [2.24, 2.45) is 5.84 Å². The van der Waals surface area contributed by atoms with Crippen molar-refractivity contribution in [2.45, 2.75) is 25.6 Å². The second kappa shape index (κ2) is 5.45. The van der Waals surface area contributed by atoms with Gasteiger partial charge < -0.3 is 10.7 Å². The van der Waals surface area contributed by atoms with E-state index in [-0.39, 0.29) is 11.6 Å². The number of alkyl halides is 3. The molecule has 0 aliphatic carbocycles. The highest BCUT2D eigenvalue weighted by Crippen LogP contribution is 2.31. The van der Waals surface area contributed by atoms with E-state index in [2.05, 4.69) is 25.7 Å². The Kier molecular flexibility index (Phi) is 4.01.